The van der Waals surface area contributed by atoms with Crippen molar-refractivity contribution in [3.63, 3.8) is 0 Å². The minimum absolute atomic E-state index is 0.224. The molecule has 2 unspecified atom stereocenters. The molecule has 2 aliphatic rings. The summed E-state index contributed by atoms with van der Waals surface area (Å²) in [5.41, 5.74) is -0.224. The van der Waals surface area contributed by atoms with Crippen LogP contribution in [0.5, 0.6) is 0 Å². The first-order valence-corrected chi connectivity index (χ1v) is 8.68. The number of nitriles is 1. The minimum Gasteiger partial charge on any atom is -0.296 e. The Morgan fingerprint density at radius 1 is 1.25 bits per heavy atom. The van der Waals surface area contributed by atoms with Crippen LogP contribution >= 0.6 is 11.8 Å². The molecule has 2 atom stereocenters. The lowest BCUT2D eigenvalue weighted by Gasteiger charge is -2.30. The van der Waals surface area contributed by atoms with Gasteiger partial charge < -0.3 is 0 Å². The van der Waals surface area contributed by atoms with E-state index in [4.69, 9.17) is 0 Å². The van der Waals surface area contributed by atoms with Crippen LogP contribution in [0.1, 0.15) is 38.5 Å². The van der Waals surface area contributed by atoms with Crippen molar-refractivity contribution < 1.29 is 0 Å². The number of thioether (sulfide) groups is 1. The monoisotopic (exact) mass is 286 g/mol. The zero-order valence-electron chi connectivity index (χ0n) is 11.8. The van der Waals surface area contributed by atoms with Crippen LogP contribution in [0.2, 0.25) is 0 Å². The summed E-state index contributed by atoms with van der Waals surface area (Å²) in [6.07, 6.45) is 7.12. The third-order valence-electron chi connectivity index (χ3n) is 4.54. The summed E-state index contributed by atoms with van der Waals surface area (Å²) in [6, 6.07) is 13.8. The largest absolute Gasteiger partial charge is 0.296 e. The second-order valence-corrected chi connectivity index (χ2v) is 7.21. The Kier molecular flexibility index (Phi) is 4.33. The van der Waals surface area contributed by atoms with Crippen molar-refractivity contribution in [1.82, 2.24) is 5.32 Å². The van der Waals surface area contributed by atoms with Gasteiger partial charge in [0.05, 0.1) is 6.07 Å². The van der Waals surface area contributed by atoms with E-state index in [1.807, 2.05) is 11.8 Å². The van der Waals surface area contributed by atoms with Crippen LogP contribution in [-0.4, -0.2) is 17.3 Å². The Hall–Kier alpha value is -0.980. The highest BCUT2D eigenvalue weighted by molar-refractivity contribution is 7.99. The van der Waals surface area contributed by atoms with E-state index >= 15 is 0 Å². The highest BCUT2D eigenvalue weighted by Gasteiger charge is 2.45. The minimum atomic E-state index is -0.224. The summed E-state index contributed by atoms with van der Waals surface area (Å²) in [6.45, 7) is 0. The molecule has 1 N–H and O–H groups in total. The van der Waals surface area contributed by atoms with Crippen LogP contribution in [0.15, 0.2) is 35.2 Å². The summed E-state index contributed by atoms with van der Waals surface area (Å²) in [5.74, 6) is 1.65. The average Bonchev–Trinajstić information content (AvgIpc) is 3.21. The normalized spacial score (nSPS) is 29.2. The predicted molar refractivity (Wildman–Crippen MR) is 83.6 cm³/mol. The van der Waals surface area contributed by atoms with E-state index in [1.54, 1.807) is 0 Å². The summed E-state index contributed by atoms with van der Waals surface area (Å²) < 4.78 is 0. The molecule has 0 amide bonds. The molecule has 0 spiro atoms. The van der Waals surface area contributed by atoms with Gasteiger partial charge >= 0.3 is 0 Å². The summed E-state index contributed by atoms with van der Waals surface area (Å²) in [5, 5.41) is 13.3. The van der Waals surface area contributed by atoms with E-state index < -0.39 is 0 Å². The smallest absolute Gasteiger partial charge is 0.109 e. The van der Waals surface area contributed by atoms with Gasteiger partial charge in [-0.2, -0.15) is 5.26 Å². The van der Waals surface area contributed by atoms with Gasteiger partial charge in [0.25, 0.3) is 0 Å². The predicted octanol–water partition coefficient (Wildman–Crippen LogP) is 3.98. The fourth-order valence-electron chi connectivity index (χ4n) is 3.27. The number of hydrogen-bond acceptors (Lipinski definition) is 3. The molecule has 3 heteroatoms. The van der Waals surface area contributed by atoms with Gasteiger partial charge in [0.2, 0.25) is 0 Å². The third kappa shape index (κ3) is 3.19. The van der Waals surface area contributed by atoms with Crippen molar-refractivity contribution >= 4 is 11.8 Å². The van der Waals surface area contributed by atoms with E-state index in [-0.39, 0.29) is 5.54 Å². The van der Waals surface area contributed by atoms with Gasteiger partial charge in [-0.3, -0.25) is 5.32 Å². The van der Waals surface area contributed by atoms with Crippen molar-refractivity contribution in [2.24, 2.45) is 5.92 Å². The zero-order valence-corrected chi connectivity index (χ0v) is 12.7. The lowest BCUT2D eigenvalue weighted by atomic mass is 9.86. The first kappa shape index (κ1) is 14.0. The highest BCUT2D eigenvalue weighted by atomic mass is 32.2. The number of nitrogens with zero attached hydrogens (tertiary/aromatic N) is 1. The van der Waals surface area contributed by atoms with Crippen LogP contribution in [-0.2, 0) is 0 Å². The Balaban J connectivity index is 1.54. The second-order valence-electron chi connectivity index (χ2n) is 6.04. The number of hydrogen-bond donors (Lipinski definition) is 1. The van der Waals surface area contributed by atoms with Crippen molar-refractivity contribution in [3.8, 4) is 6.07 Å². The molecule has 2 nitrogen and oxygen atoms in total. The van der Waals surface area contributed by atoms with Gasteiger partial charge in [-0.25, -0.2) is 0 Å². The summed E-state index contributed by atoms with van der Waals surface area (Å²) in [4.78, 5) is 1.34. The van der Waals surface area contributed by atoms with Crippen LogP contribution in [0.3, 0.4) is 0 Å². The van der Waals surface area contributed by atoms with Gasteiger partial charge in [-0.15, -0.1) is 11.8 Å². The van der Waals surface area contributed by atoms with Gasteiger partial charge in [-0.05, 0) is 55.9 Å². The standard InChI is InChI=1S/C17H22N2S/c18-13-17(19-15-8-9-15)11-4-5-14(17)10-12-20-16-6-2-1-3-7-16/h1-3,6-7,14-15,19H,4-5,8-12H2. The van der Waals surface area contributed by atoms with Crippen LogP contribution in [0, 0.1) is 17.2 Å². The van der Waals surface area contributed by atoms with Crippen molar-refractivity contribution in [2.75, 3.05) is 5.75 Å². The molecule has 0 radical (unpaired) electrons. The van der Waals surface area contributed by atoms with Gasteiger partial charge in [-0.1, -0.05) is 24.6 Å². The number of benzene rings is 1. The van der Waals surface area contributed by atoms with Crippen molar-refractivity contribution in [3.05, 3.63) is 30.3 Å². The quantitative estimate of drug-likeness (QED) is 0.803. The Bertz CT molecular complexity index is 478. The number of rotatable bonds is 6. The average molecular weight is 286 g/mol. The SMILES string of the molecule is N#CC1(NC2CC2)CCCC1CCSc1ccccc1. The molecule has 20 heavy (non-hydrogen) atoms. The van der Waals surface area contributed by atoms with Crippen molar-refractivity contribution in [2.45, 2.75) is 55.0 Å². The molecule has 106 valence electrons. The topological polar surface area (TPSA) is 35.8 Å². The first-order valence-electron chi connectivity index (χ1n) is 7.69. The summed E-state index contributed by atoms with van der Waals surface area (Å²) >= 11 is 1.92. The van der Waals surface area contributed by atoms with E-state index in [0.717, 1.165) is 18.6 Å². The molecule has 0 aromatic heterocycles. The molecule has 2 aliphatic carbocycles. The maximum absolute atomic E-state index is 9.66. The Morgan fingerprint density at radius 2 is 2.05 bits per heavy atom. The number of nitrogens with one attached hydrogen (secondary N) is 1. The van der Waals surface area contributed by atoms with E-state index in [2.05, 4.69) is 41.7 Å². The maximum Gasteiger partial charge on any atom is 0.109 e. The third-order valence-corrected chi connectivity index (χ3v) is 5.58. The lowest BCUT2D eigenvalue weighted by Crippen LogP contribution is -2.48. The molecule has 0 saturated heterocycles. The molecule has 0 aliphatic heterocycles. The molecule has 2 saturated carbocycles. The molecule has 0 heterocycles. The Labute approximate surface area is 125 Å². The van der Waals surface area contributed by atoms with E-state index in [0.29, 0.717) is 12.0 Å². The molecular weight excluding hydrogens is 264 g/mol. The van der Waals surface area contributed by atoms with Gasteiger partial charge in [0.15, 0.2) is 0 Å². The zero-order chi connectivity index (χ0) is 13.8. The van der Waals surface area contributed by atoms with Crippen LogP contribution < -0.4 is 5.32 Å². The van der Waals surface area contributed by atoms with E-state index in [1.165, 1.54) is 30.6 Å². The lowest BCUT2D eigenvalue weighted by molar-refractivity contribution is 0.308. The fourth-order valence-corrected chi connectivity index (χ4v) is 4.25. The van der Waals surface area contributed by atoms with E-state index in [9.17, 15) is 5.26 Å². The van der Waals surface area contributed by atoms with Crippen LogP contribution in [0.4, 0.5) is 0 Å². The highest BCUT2D eigenvalue weighted by Crippen LogP contribution is 2.41. The molecule has 3 rings (SSSR count). The molecular formula is C17H22N2S. The van der Waals surface area contributed by atoms with Gasteiger partial charge in [0.1, 0.15) is 5.54 Å². The summed E-state index contributed by atoms with van der Waals surface area (Å²) in [7, 11) is 0. The molecule has 0 bridgehead atoms. The van der Waals surface area contributed by atoms with Crippen LogP contribution in [0.25, 0.3) is 0 Å². The van der Waals surface area contributed by atoms with Crippen molar-refractivity contribution in [1.29, 1.82) is 5.26 Å². The molecule has 1 aromatic rings. The Morgan fingerprint density at radius 3 is 2.75 bits per heavy atom. The fraction of sp³-hybridized carbons (Fsp3) is 0.588. The molecule has 1 aromatic carbocycles. The maximum atomic E-state index is 9.66. The second kappa shape index (κ2) is 6.20. The first-order chi connectivity index (χ1) is 9.82. The van der Waals surface area contributed by atoms with Gasteiger partial charge in [0, 0.05) is 10.9 Å². The molecule has 2 fully saturated rings.